The number of hydrogen-bond acceptors (Lipinski definition) is 5. The molecule has 6 nitrogen and oxygen atoms in total. The van der Waals surface area contributed by atoms with Crippen molar-refractivity contribution >= 4 is 28.6 Å². The molecule has 4 aromatic rings. The second kappa shape index (κ2) is 11.0. The number of halogens is 1. The molecule has 1 aliphatic rings. The van der Waals surface area contributed by atoms with Gasteiger partial charge < -0.3 is 19.9 Å². The Labute approximate surface area is 221 Å². The predicted octanol–water partition coefficient (Wildman–Crippen LogP) is 5.33. The number of β-amino-alcohol motifs (C(OH)–C–C–N with tert-alkyl or cyclic N) is 1. The van der Waals surface area contributed by atoms with Gasteiger partial charge >= 0.3 is 0 Å². The molecule has 7 heteroatoms. The summed E-state index contributed by atoms with van der Waals surface area (Å²) in [7, 11) is 1.88. The van der Waals surface area contributed by atoms with E-state index in [4.69, 9.17) is 0 Å². The maximum absolute atomic E-state index is 14.8. The van der Waals surface area contributed by atoms with Gasteiger partial charge in [0.2, 0.25) is 0 Å². The van der Waals surface area contributed by atoms with Gasteiger partial charge in [-0.05, 0) is 72.1 Å². The van der Waals surface area contributed by atoms with Gasteiger partial charge in [0.15, 0.2) is 11.6 Å². The molecule has 3 aromatic carbocycles. The lowest BCUT2D eigenvalue weighted by atomic mass is 10.0. The Morgan fingerprint density at radius 2 is 1.61 bits per heavy atom. The number of carbonyl (C=O) groups is 2. The average Bonchev–Trinajstić information content (AvgIpc) is 3.55. The van der Waals surface area contributed by atoms with E-state index in [1.807, 2.05) is 54.2 Å². The summed E-state index contributed by atoms with van der Waals surface area (Å²) in [5.74, 6) is -0.481. The van der Waals surface area contributed by atoms with Gasteiger partial charge in [0.25, 0.3) is 0 Å². The molecule has 0 aliphatic carbocycles. The molecule has 1 saturated heterocycles. The lowest BCUT2D eigenvalue weighted by molar-refractivity contribution is 0.0984. The lowest BCUT2D eigenvalue weighted by Gasteiger charge is -2.17. The summed E-state index contributed by atoms with van der Waals surface area (Å²) in [5, 5.41) is 12.8. The molecule has 1 aromatic heterocycles. The van der Waals surface area contributed by atoms with Crippen LogP contribution in [0.1, 0.15) is 38.3 Å². The number of nitrogens with one attached hydrogen (secondary N) is 1. The fourth-order valence-electron chi connectivity index (χ4n) is 4.71. The molecule has 1 atom stereocenters. The normalized spacial score (nSPS) is 15.0. The van der Waals surface area contributed by atoms with Crippen LogP contribution in [0.2, 0.25) is 0 Å². The Hall–Kier alpha value is -4.23. The Morgan fingerprint density at radius 1 is 0.921 bits per heavy atom. The molecule has 0 spiro atoms. The molecule has 38 heavy (non-hydrogen) atoms. The van der Waals surface area contributed by atoms with Crippen LogP contribution < -0.4 is 10.2 Å². The van der Waals surface area contributed by atoms with Crippen molar-refractivity contribution in [2.45, 2.75) is 25.4 Å². The van der Waals surface area contributed by atoms with E-state index >= 15 is 0 Å². The Kier molecular flexibility index (Phi) is 7.38. The van der Waals surface area contributed by atoms with Crippen LogP contribution in [0.4, 0.5) is 21.5 Å². The SMILES string of the molecule is Cn1ccc(C(=O)Cc2ccc(Nc3ccc(CC(=O)c4ccc(N5CC[C@@H](O)C5)cc4)cc3F)cc2)c1. The van der Waals surface area contributed by atoms with Crippen molar-refractivity contribution in [1.29, 1.82) is 0 Å². The fourth-order valence-corrected chi connectivity index (χ4v) is 4.71. The van der Waals surface area contributed by atoms with E-state index in [2.05, 4.69) is 10.2 Å². The van der Waals surface area contributed by atoms with E-state index in [-0.39, 0.29) is 24.1 Å². The first-order chi connectivity index (χ1) is 18.3. The molecule has 2 heterocycles. The lowest BCUT2D eigenvalue weighted by Crippen LogP contribution is -2.21. The minimum absolute atomic E-state index is 0.0462. The number of aliphatic hydroxyl groups is 1. The van der Waals surface area contributed by atoms with E-state index in [1.54, 1.807) is 36.5 Å². The fraction of sp³-hybridized carbons (Fsp3) is 0.226. The Balaban J connectivity index is 1.17. The molecule has 0 radical (unpaired) electrons. The van der Waals surface area contributed by atoms with E-state index in [1.165, 1.54) is 6.07 Å². The number of aryl methyl sites for hydroxylation is 1. The highest BCUT2D eigenvalue weighted by molar-refractivity contribution is 5.98. The summed E-state index contributed by atoms with van der Waals surface area (Å²) in [6, 6.07) is 21.2. The zero-order valence-electron chi connectivity index (χ0n) is 21.2. The van der Waals surface area contributed by atoms with E-state index < -0.39 is 5.82 Å². The molecule has 0 bridgehead atoms. The summed E-state index contributed by atoms with van der Waals surface area (Å²) in [5.41, 5.74) is 4.72. The van der Waals surface area contributed by atoms with Gasteiger partial charge in [-0.1, -0.05) is 18.2 Å². The van der Waals surface area contributed by atoms with Gasteiger partial charge in [0.05, 0.1) is 11.8 Å². The standard InChI is InChI=1S/C31H30FN3O3/c1-34-14-12-24(19-34)31(38)17-21-2-7-25(8-3-21)33-29-11-4-22(16-28(29)32)18-30(37)23-5-9-26(10-6-23)35-15-13-27(36)20-35/h2-12,14,16,19,27,33,36H,13,15,17-18,20H2,1H3/t27-/m1/s1. The Bertz CT molecular complexity index is 1440. The summed E-state index contributed by atoms with van der Waals surface area (Å²) in [6.07, 6.45) is 4.48. The van der Waals surface area contributed by atoms with Crippen molar-refractivity contribution in [3.8, 4) is 0 Å². The maximum atomic E-state index is 14.8. The number of ketones is 2. The van der Waals surface area contributed by atoms with Crippen molar-refractivity contribution < 1.29 is 19.1 Å². The summed E-state index contributed by atoms with van der Waals surface area (Å²) >= 11 is 0. The topological polar surface area (TPSA) is 74.6 Å². The molecular weight excluding hydrogens is 481 g/mol. The summed E-state index contributed by atoms with van der Waals surface area (Å²) < 4.78 is 16.7. The first-order valence-electron chi connectivity index (χ1n) is 12.7. The number of benzene rings is 3. The van der Waals surface area contributed by atoms with Crippen molar-refractivity contribution in [2.75, 3.05) is 23.3 Å². The van der Waals surface area contributed by atoms with Gasteiger partial charge in [-0.2, -0.15) is 0 Å². The zero-order valence-corrected chi connectivity index (χ0v) is 21.2. The molecule has 194 valence electrons. The third-order valence-electron chi connectivity index (χ3n) is 6.87. The van der Waals surface area contributed by atoms with E-state index in [0.29, 0.717) is 41.0 Å². The number of aliphatic hydroxyl groups excluding tert-OH is 1. The van der Waals surface area contributed by atoms with Gasteiger partial charge in [-0.3, -0.25) is 9.59 Å². The van der Waals surface area contributed by atoms with Crippen molar-refractivity contribution in [3.63, 3.8) is 0 Å². The van der Waals surface area contributed by atoms with Crippen LogP contribution in [-0.4, -0.2) is 40.4 Å². The highest BCUT2D eigenvalue weighted by atomic mass is 19.1. The van der Waals surface area contributed by atoms with Crippen LogP contribution >= 0.6 is 0 Å². The molecule has 1 aliphatic heterocycles. The van der Waals surface area contributed by atoms with Crippen LogP contribution in [0, 0.1) is 5.82 Å². The molecule has 0 saturated carbocycles. The van der Waals surface area contributed by atoms with E-state index in [0.717, 1.165) is 24.2 Å². The van der Waals surface area contributed by atoms with Crippen LogP contribution in [0.15, 0.2) is 85.2 Å². The molecular formula is C31H30FN3O3. The largest absolute Gasteiger partial charge is 0.391 e. The number of carbonyl (C=O) groups excluding carboxylic acids is 2. The maximum Gasteiger partial charge on any atom is 0.168 e. The highest BCUT2D eigenvalue weighted by Gasteiger charge is 2.20. The first kappa shape index (κ1) is 25.4. The van der Waals surface area contributed by atoms with Gasteiger partial charge in [0, 0.05) is 67.9 Å². The minimum atomic E-state index is -0.443. The van der Waals surface area contributed by atoms with Crippen molar-refractivity contribution in [2.24, 2.45) is 7.05 Å². The molecule has 5 rings (SSSR count). The third-order valence-corrected chi connectivity index (χ3v) is 6.87. The van der Waals surface area contributed by atoms with Crippen LogP contribution in [0.3, 0.4) is 0 Å². The smallest absolute Gasteiger partial charge is 0.168 e. The van der Waals surface area contributed by atoms with Crippen molar-refractivity contribution in [3.05, 3.63) is 113 Å². The third kappa shape index (κ3) is 6.01. The molecule has 1 fully saturated rings. The number of nitrogens with zero attached hydrogens (tertiary/aromatic N) is 2. The van der Waals surface area contributed by atoms with E-state index in [9.17, 15) is 19.1 Å². The van der Waals surface area contributed by atoms with Gasteiger partial charge in [0.1, 0.15) is 5.82 Å². The number of Topliss-reactive ketones (excluding diaryl/α,β-unsaturated/α-hetero) is 2. The number of aromatic nitrogens is 1. The van der Waals surface area contributed by atoms with Crippen LogP contribution in [-0.2, 0) is 19.9 Å². The van der Waals surface area contributed by atoms with Crippen LogP contribution in [0.5, 0.6) is 0 Å². The predicted molar refractivity (Wildman–Crippen MR) is 147 cm³/mol. The first-order valence-corrected chi connectivity index (χ1v) is 12.7. The summed E-state index contributed by atoms with van der Waals surface area (Å²) in [6.45, 7) is 1.40. The highest BCUT2D eigenvalue weighted by Crippen LogP contribution is 2.24. The number of rotatable bonds is 9. The van der Waals surface area contributed by atoms with Crippen LogP contribution in [0.25, 0.3) is 0 Å². The average molecular weight is 512 g/mol. The molecule has 0 unspecified atom stereocenters. The second-order valence-electron chi connectivity index (χ2n) is 9.84. The summed E-state index contributed by atoms with van der Waals surface area (Å²) in [4.78, 5) is 27.3. The monoisotopic (exact) mass is 511 g/mol. The minimum Gasteiger partial charge on any atom is -0.391 e. The quantitative estimate of drug-likeness (QED) is 0.297. The Morgan fingerprint density at radius 3 is 2.24 bits per heavy atom. The van der Waals surface area contributed by atoms with Gasteiger partial charge in [-0.15, -0.1) is 0 Å². The molecule has 0 amide bonds. The number of hydrogen-bond donors (Lipinski definition) is 2. The van der Waals surface area contributed by atoms with Gasteiger partial charge in [-0.25, -0.2) is 4.39 Å². The number of anilines is 3. The molecule has 2 N–H and O–H groups in total. The zero-order chi connectivity index (χ0) is 26.6. The second-order valence-corrected chi connectivity index (χ2v) is 9.84. The van der Waals surface area contributed by atoms with Crippen molar-refractivity contribution in [1.82, 2.24) is 4.57 Å².